The fourth-order valence-electron chi connectivity index (χ4n) is 3.88. The molecule has 0 aromatic carbocycles. The molecule has 2 aliphatic carbocycles. The van der Waals surface area contributed by atoms with E-state index in [0.29, 0.717) is 23.7 Å². The molecular weight excluding hydrogens is 198 g/mol. The van der Waals surface area contributed by atoms with Crippen LogP contribution in [0.1, 0.15) is 32.6 Å². The highest BCUT2D eigenvalue weighted by Crippen LogP contribution is 2.51. The molecule has 1 saturated heterocycles. The van der Waals surface area contributed by atoms with Crippen LogP contribution in [0.15, 0.2) is 12.2 Å². The molecule has 1 aliphatic heterocycles. The van der Waals surface area contributed by atoms with Crippen molar-refractivity contribution in [3.8, 4) is 0 Å². The monoisotopic (exact) mass is 219 g/mol. The number of carbonyl (C=O) groups is 1. The Hall–Kier alpha value is -0.790. The van der Waals surface area contributed by atoms with Gasteiger partial charge >= 0.3 is 0 Å². The minimum atomic E-state index is 0.348. The van der Waals surface area contributed by atoms with Gasteiger partial charge in [-0.2, -0.15) is 0 Å². The number of unbranched alkanes of at least 4 members (excludes halogenated alkanes) is 1. The molecule has 0 radical (unpaired) electrons. The number of rotatable bonds is 3. The summed E-state index contributed by atoms with van der Waals surface area (Å²) in [7, 11) is 0. The molecule has 3 aliphatic rings. The molecule has 2 heteroatoms. The zero-order chi connectivity index (χ0) is 11.1. The standard InChI is InChI=1S/C14H21NO/c1-2-3-7-15-8-6-12-10-4-5-11(9-10)13(12)14(15)16/h4-5,10-13H,2-3,6-9H2,1H3. The predicted octanol–water partition coefficient (Wildman–Crippen LogP) is 2.46. The Balaban J connectivity index is 1.72. The largest absolute Gasteiger partial charge is 0.342 e. The molecule has 0 aromatic heterocycles. The van der Waals surface area contributed by atoms with E-state index < -0.39 is 0 Å². The molecule has 88 valence electrons. The third-order valence-electron chi connectivity index (χ3n) is 4.73. The summed E-state index contributed by atoms with van der Waals surface area (Å²) in [5.74, 6) is 2.79. The fourth-order valence-corrected chi connectivity index (χ4v) is 3.88. The number of piperidine rings is 1. The molecule has 0 aromatic rings. The zero-order valence-corrected chi connectivity index (χ0v) is 10.1. The second kappa shape index (κ2) is 3.90. The van der Waals surface area contributed by atoms with Gasteiger partial charge < -0.3 is 4.90 Å². The van der Waals surface area contributed by atoms with Gasteiger partial charge in [0.25, 0.3) is 0 Å². The molecular formula is C14H21NO. The molecule has 1 heterocycles. The molecule has 3 rings (SSSR count). The van der Waals surface area contributed by atoms with Crippen molar-refractivity contribution in [1.82, 2.24) is 4.90 Å². The van der Waals surface area contributed by atoms with Crippen LogP contribution in [0, 0.1) is 23.7 Å². The van der Waals surface area contributed by atoms with Gasteiger partial charge in [-0.1, -0.05) is 25.5 Å². The van der Waals surface area contributed by atoms with E-state index in [1.165, 1.54) is 19.3 Å². The highest BCUT2D eigenvalue weighted by atomic mass is 16.2. The number of likely N-dealkylation sites (tertiary alicyclic amines) is 1. The van der Waals surface area contributed by atoms with Crippen LogP contribution in [0.25, 0.3) is 0 Å². The molecule has 2 bridgehead atoms. The average Bonchev–Trinajstić information content (AvgIpc) is 2.89. The van der Waals surface area contributed by atoms with Crippen LogP contribution in [0.5, 0.6) is 0 Å². The number of carbonyl (C=O) groups excluding carboxylic acids is 1. The number of fused-ring (bicyclic) bond motifs is 5. The first-order valence-electron chi connectivity index (χ1n) is 6.78. The summed E-state index contributed by atoms with van der Waals surface area (Å²) in [6.07, 6.45) is 9.50. The van der Waals surface area contributed by atoms with E-state index in [1.807, 2.05) is 0 Å². The van der Waals surface area contributed by atoms with Crippen molar-refractivity contribution in [2.75, 3.05) is 13.1 Å². The van der Waals surface area contributed by atoms with Gasteiger partial charge in [0, 0.05) is 19.0 Å². The molecule has 0 spiro atoms. The van der Waals surface area contributed by atoms with Crippen molar-refractivity contribution < 1.29 is 4.79 Å². The number of nitrogens with zero attached hydrogens (tertiary/aromatic N) is 1. The maximum Gasteiger partial charge on any atom is 0.226 e. The van der Waals surface area contributed by atoms with Gasteiger partial charge in [0.1, 0.15) is 0 Å². The van der Waals surface area contributed by atoms with Gasteiger partial charge in [0.2, 0.25) is 5.91 Å². The molecule has 4 atom stereocenters. The van der Waals surface area contributed by atoms with Crippen LogP contribution in [0.2, 0.25) is 0 Å². The highest BCUT2D eigenvalue weighted by Gasteiger charge is 2.50. The maximum atomic E-state index is 12.4. The van der Waals surface area contributed by atoms with E-state index in [-0.39, 0.29) is 0 Å². The van der Waals surface area contributed by atoms with Crippen molar-refractivity contribution in [3.05, 3.63) is 12.2 Å². The van der Waals surface area contributed by atoms with Crippen LogP contribution in [0.4, 0.5) is 0 Å². The number of allylic oxidation sites excluding steroid dienone is 2. The normalized spacial score (nSPS) is 40.6. The quantitative estimate of drug-likeness (QED) is 0.668. The lowest BCUT2D eigenvalue weighted by Crippen LogP contribution is -2.47. The highest BCUT2D eigenvalue weighted by molar-refractivity contribution is 5.81. The lowest BCUT2D eigenvalue weighted by molar-refractivity contribution is -0.141. The predicted molar refractivity (Wildman–Crippen MR) is 63.8 cm³/mol. The van der Waals surface area contributed by atoms with Gasteiger partial charge in [-0.25, -0.2) is 0 Å². The first kappa shape index (κ1) is 10.4. The van der Waals surface area contributed by atoms with Crippen molar-refractivity contribution in [3.63, 3.8) is 0 Å². The zero-order valence-electron chi connectivity index (χ0n) is 10.1. The molecule has 2 fully saturated rings. The van der Waals surface area contributed by atoms with Crippen LogP contribution in [0.3, 0.4) is 0 Å². The first-order chi connectivity index (χ1) is 7.81. The van der Waals surface area contributed by atoms with E-state index in [1.54, 1.807) is 0 Å². The third-order valence-corrected chi connectivity index (χ3v) is 4.73. The summed E-state index contributed by atoms with van der Waals surface area (Å²) in [5, 5.41) is 0. The SMILES string of the molecule is CCCCN1CCC2C3C=CC(C3)C2C1=O. The van der Waals surface area contributed by atoms with E-state index in [0.717, 1.165) is 25.4 Å². The minimum Gasteiger partial charge on any atom is -0.342 e. The first-order valence-corrected chi connectivity index (χ1v) is 6.78. The topological polar surface area (TPSA) is 20.3 Å². The van der Waals surface area contributed by atoms with Gasteiger partial charge in [-0.15, -0.1) is 0 Å². The summed E-state index contributed by atoms with van der Waals surface area (Å²) < 4.78 is 0. The van der Waals surface area contributed by atoms with Crippen molar-refractivity contribution >= 4 is 5.91 Å². The van der Waals surface area contributed by atoms with E-state index in [9.17, 15) is 4.79 Å². The molecule has 16 heavy (non-hydrogen) atoms. The minimum absolute atomic E-state index is 0.348. The summed E-state index contributed by atoms with van der Waals surface area (Å²) >= 11 is 0. The van der Waals surface area contributed by atoms with Crippen LogP contribution < -0.4 is 0 Å². The van der Waals surface area contributed by atoms with E-state index in [2.05, 4.69) is 24.0 Å². The molecule has 1 saturated carbocycles. The number of hydrogen-bond acceptors (Lipinski definition) is 1. The Bertz CT molecular complexity index is 323. The molecule has 0 N–H and O–H groups in total. The Kier molecular flexibility index (Phi) is 2.53. The molecule has 1 amide bonds. The number of hydrogen-bond donors (Lipinski definition) is 0. The molecule has 2 nitrogen and oxygen atoms in total. The summed E-state index contributed by atoms with van der Waals surface area (Å²) in [4.78, 5) is 14.5. The van der Waals surface area contributed by atoms with Crippen molar-refractivity contribution in [1.29, 1.82) is 0 Å². The second-order valence-corrected chi connectivity index (χ2v) is 5.61. The maximum absolute atomic E-state index is 12.4. The van der Waals surface area contributed by atoms with Gasteiger partial charge in [-0.05, 0) is 37.0 Å². The van der Waals surface area contributed by atoms with Crippen LogP contribution >= 0.6 is 0 Å². The lowest BCUT2D eigenvalue weighted by Gasteiger charge is -2.38. The Morgan fingerprint density at radius 2 is 2.19 bits per heavy atom. The average molecular weight is 219 g/mol. The Morgan fingerprint density at radius 1 is 1.38 bits per heavy atom. The molecule has 4 unspecified atom stereocenters. The van der Waals surface area contributed by atoms with Crippen molar-refractivity contribution in [2.45, 2.75) is 32.6 Å². The van der Waals surface area contributed by atoms with Crippen molar-refractivity contribution in [2.24, 2.45) is 23.7 Å². The van der Waals surface area contributed by atoms with Crippen LogP contribution in [-0.2, 0) is 4.79 Å². The Labute approximate surface area is 97.7 Å². The second-order valence-electron chi connectivity index (χ2n) is 5.61. The van der Waals surface area contributed by atoms with Gasteiger partial charge in [0.15, 0.2) is 0 Å². The lowest BCUT2D eigenvalue weighted by atomic mass is 9.77. The Morgan fingerprint density at radius 3 is 3.00 bits per heavy atom. The summed E-state index contributed by atoms with van der Waals surface area (Å²) in [5.41, 5.74) is 0. The van der Waals surface area contributed by atoms with E-state index in [4.69, 9.17) is 0 Å². The van der Waals surface area contributed by atoms with Gasteiger partial charge in [-0.3, -0.25) is 4.79 Å². The van der Waals surface area contributed by atoms with Gasteiger partial charge in [0.05, 0.1) is 0 Å². The number of amides is 1. The fraction of sp³-hybridized carbons (Fsp3) is 0.786. The smallest absolute Gasteiger partial charge is 0.226 e. The third kappa shape index (κ3) is 1.42. The van der Waals surface area contributed by atoms with Crippen LogP contribution in [-0.4, -0.2) is 23.9 Å². The summed E-state index contributed by atoms with van der Waals surface area (Å²) in [6.45, 7) is 4.19. The summed E-state index contributed by atoms with van der Waals surface area (Å²) in [6, 6.07) is 0. The van der Waals surface area contributed by atoms with E-state index >= 15 is 0 Å².